The lowest BCUT2D eigenvalue weighted by atomic mass is 10.1. The first-order valence-electron chi connectivity index (χ1n) is 6.23. The second-order valence-electron chi connectivity index (χ2n) is 4.56. The van der Waals surface area contributed by atoms with Crippen molar-refractivity contribution in [3.63, 3.8) is 0 Å². The number of hydrogen-bond acceptors (Lipinski definition) is 2. The molecule has 1 heterocycles. The van der Waals surface area contributed by atoms with E-state index < -0.39 is 0 Å². The molecule has 5 heteroatoms. The van der Waals surface area contributed by atoms with E-state index >= 15 is 0 Å². The van der Waals surface area contributed by atoms with E-state index in [4.69, 9.17) is 28.2 Å². The molecule has 0 saturated carbocycles. The Labute approximate surface area is 145 Å². The zero-order valence-electron chi connectivity index (χ0n) is 11.0. The summed E-state index contributed by atoms with van der Waals surface area (Å²) in [6, 6.07) is 13.6. The number of hydrogen-bond donors (Lipinski definition) is 0. The van der Waals surface area contributed by atoms with Crippen molar-refractivity contribution in [3.05, 3.63) is 61.9 Å². The predicted molar refractivity (Wildman–Crippen MR) is 95.4 cm³/mol. The molecule has 0 saturated heterocycles. The summed E-state index contributed by atoms with van der Waals surface area (Å²) in [4.78, 5) is 5.92. The van der Waals surface area contributed by atoms with E-state index in [2.05, 4.69) is 28.9 Å². The average Bonchev–Trinajstić information content (AvgIpc) is 2.80. The van der Waals surface area contributed by atoms with Crippen molar-refractivity contribution in [2.24, 2.45) is 0 Å². The van der Waals surface area contributed by atoms with Crippen LogP contribution in [0.4, 0.5) is 0 Å². The summed E-state index contributed by atoms with van der Waals surface area (Å²) < 4.78 is 1.04. The molecule has 1 aromatic heterocycles. The molecule has 0 fully saturated rings. The van der Waals surface area contributed by atoms with Gasteiger partial charge in [-0.25, -0.2) is 4.98 Å². The van der Waals surface area contributed by atoms with Crippen LogP contribution in [0, 0.1) is 6.92 Å². The van der Waals surface area contributed by atoms with Crippen molar-refractivity contribution < 1.29 is 0 Å². The molecule has 0 N–H and O–H groups in total. The molecule has 1 nitrogen and oxygen atoms in total. The average molecular weight is 399 g/mol. The largest absolute Gasteiger partial charge is 0.236 e. The minimum atomic E-state index is 0.618. The molecule has 0 unspecified atom stereocenters. The molecule has 0 aliphatic rings. The summed E-state index contributed by atoms with van der Waals surface area (Å²) in [5.41, 5.74) is 3.02. The summed E-state index contributed by atoms with van der Waals surface area (Å²) in [7, 11) is 0. The van der Waals surface area contributed by atoms with Crippen LogP contribution in [-0.4, -0.2) is 4.98 Å². The van der Waals surface area contributed by atoms with Gasteiger partial charge in [-0.1, -0.05) is 57.3 Å². The number of aromatic nitrogens is 1. The Bertz CT molecular complexity index is 794. The Morgan fingerprint density at radius 3 is 2.38 bits per heavy atom. The Hall–Kier alpha value is -0.870. The van der Waals surface area contributed by atoms with Crippen molar-refractivity contribution in [2.75, 3.05) is 0 Å². The maximum atomic E-state index is 6.07. The SMILES string of the molecule is Cc1sc(-c2cc(Cl)cc(Cl)c2)nc1-c1ccccc1Br. The zero-order valence-corrected chi connectivity index (χ0v) is 14.9. The molecule has 0 radical (unpaired) electrons. The van der Waals surface area contributed by atoms with E-state index in [0.717, 1.165) is 31.2 Å². The van der Waals surface area contributed by atoms with Gasteiger partial charge in [0, 0.05) is 30.5 Å². The van der Waals surface area contributed by atoms with Crippen LogP contribution in [0.25, 0.3) is 21.8 Å². The summed E-state index contributed by atoms with van der Waals surface area (Å²) in [5.74, 6) is 0. The molecule has 0 bridgehead atoms. The van der Waals surface area contributed by atoms with Crippen LogP contribution in [0.5, 0.6) is 0 Å². The summed E-state index contributed by atoms with van der Waals surface area (Å²) in [6.45, 7) is 2.07. The second-order valence-corrected chi connectivity index (χ2v) is 7.49. The van der Waals surface area contributed by atoms with E-state index in [-0.39, 0.29) is 0 Å². The maximum absolute atomic E-state index is 6.07. The fraction of sp³-hybridized carbons (Fsp3) is 0.0625. The van der Waals surface area contributed by atoms with Crippen LogP contribution >= 0.6 is 50.5 Å². The third-order valence-electron chi connectivity index (χ3n) is 3.04. The van der Waals surface area contributed by atoms with Gasteiger partial charge in [-0.3, -0.25) is 0 Å². The summed E-state index contributed by atoms with van der Waals surface area (Å²) in [6.07, 6.45) is 0. The van der Waals surface area contributed by atoms with E-state index in [0.29, 0.717) is 10.0 Å². The molecule has 0 spiro atoms. The van der Waals surface area contributed by atoms with Gasteiger partial charge >= 0.3 is 0 Å². The highest BCUT2D eigenvalue weighted by atomic mass is 79.9. The van der Waals surface area contributed by atoms with E-state index in [1.54, 1.807) is 17.4 Å². The molecule has 21 heavy (non-hydrogen) atoms. The molecular weight excluding hydrogens is 389 g/mol. The Kier molecular flexibility index (Phi) is 4.36. The number of halogens is 3. The number of nitrogens with zero attached hydrogens (tertiary/aromatic N) is 1. The predicted octanol–water partition coefficient (Wildman–Crippen LogP) is 6.85. The van der Waals surface area contributed by atoms with Crippen molar-refractivity contribution in [3.8, 4) is 21.8 Å². The summed E-state index contributed by atoms with van der Waals surface area (Å²) in [5, 5.41) is 2.16. The van der Waals surface area contributed by atoms with Gasteiger partial charge in [0.2, 0.25) is 0 Å². The van der Waals surface area contributed by atoms with Crippen LogP contribution in [0.2, 0.25) is 10.0 Å². The van der Waals surface area contributed by atoms with Gasteiger partial charge in [0.1, 0.15) is 5.01 Å². The number of thiazole rings is 1. The number of aryl methyl sites for hydroxylation is 1. The quantitative estimate of drug-likeness (QED) is 0.459. The Morgan fingerprint density at radius 1 is 1.05 bits per heavy atom. The van der Waals surface area contributed by atoms with E-state index in [9.17, 15) is 0 Å². The van der Waals surface area contributed by atoms with E-state index in [1.165, 1.54) is 0 Å². The lowest BCUT2D eigenvalue weighted by Crippen LogP contribution is -1.83. The van der Waals surface area contributed by atoms with Gasteiger partial charge in [-0.05, 0) is 31.2 Å². The molecule has 0 aliphatic heterocycles. The molecule has 0 atom stereocenters. The van der Waals surface area contributed by atoms with Crippen LogP contribution < -0.4 is 0 Å². The van der Waals surface area contributed by atoms with Crippen molar-refractivity contribution >= 4 is 50.5 Å². The van der Waals surface area contributed by atoms with Gasteiger partial charge < -0.3 is 0 Å². The van der Waals surface area contributed by atoms with Crippen LogP contribution in [0.3, 0.4) is 0 Å². The number of benzene rings is 2. The minimum Gasteiger partial charge on any atom is -0.236 e. The highest BCUT2D eigenvalue weighted by Crippen LogP contribution is 2.37. The lowest BCUT2D eigenvalue weighted by Gasteiger charge is -2.01. The number of rotatable bonds is 2. The Morgan fingerprint density at radius 2 is 1.71 bits per heavy atom. The third kappa shape index (κ3) is 3.16. The van der Waals surface area contributed by atoms with Gasteiger partial charge in [-0.2, -0.15) is 0 Å². The molecule has 0 aliphatic carbocycles. The van der Waals surface area contributed by atoms with Crippen molar-refractivity contribution in [2.45, 2.75) is 6.92 Å². The minimum absolute atomic E-state index is 0.618. The topological polar surface area (TPSA) is 12.9 Å². The monoisotopic (exact) mass is 397 g/mol. The normalized spacial score (nSPS) is 10.9. The summed E-state index contributed by atoms with van der Waals surface area (Å²) >= 11 is 17.4. The van der Waals surface area contributed by atoms with Gasteiger partial charge in [-0.15, -0.1) is 11.3 Å². The first kappa shape index (κ1) is 15.0. The van der Waals surface area contributed by atoms with Crippen LogP contribution in [-0.2, 0) is 0 Å². The maximum Gasteiger partial charge on any atom is 0.124 e. The molecule has 3 aromatic rings. The highest BCUT2D eigenvalue weighted by Gasteiger charge is 2.14. The van der Waals surface area contributed by atoms with Crippen molar-refractivity contribution in [1.82, 2.24) is 4.98 Å². The fourth-order valence-corrected chi connectivity index (χ4v) is 4.01. The third-order valence-corrected chi connectivity index (χ3v) is 5.18. The van der Waals surface area contributed by atoms with Gasteiger partial charge in [0.25, 0.3) is 0 Å². The first-order chi connectivity index (χ1) is 10.0. The first-order valence-corrected chi connectivity index (χ1v) is 8.60. The van der Waals surface area contributed by atoms with E-state index in [1.807, 2.05) is 30.3 Å². The molecule has 2 aromatic carbocycles. The van der Waals surface area contributed by atoms with Gasteiger partial charge in [0.15, 0.2) is 0 Å². The van der Waals surface area contributed by atoms with Crippen LogP contribution in [0.15, 0.2) is 46.9 Å². The molecule has 0 amide bonds. The fourth-order valence-electron chi connectivity index (χ4n) is 2.10. The van der Waals surface area contributed by atoms with Crippen LogP contribution in [0.1, 0.15) is 4.88 Å². The Balaban J connectivity index is 2.12. The zero-order chi connectivity index (χ0) is 15.0. The van der Waals surface area contributed by atoms with Gasteiger partial charge in [0.05, 0.1) is 5.69 Å². The smallest absolute Gasteiger partial charge is 0.124 e. The lowest BCUT2D eigenvalue weighted by molar-refractivity contribution is 1.36. The second kappa shape index (κ2) is 6.09. The molecular formula is C16H10BrCl2NS. The standard InChI is InChI=1S/C16H10BrCl2NS/c1-9-15(13-4-2-3-5-14(13)17)20-16(21-9)10-6-11(18)8-12(19)7-10/h2-8H,1H3. The molecule has 106 valence electrons. The molecule has 3 rings (SSSR count). The highest BCUT2D eigenvalue weighted by molar-refractivity contribution is 9.10. The van der Waals surface area contributed by atoms with Crippen molar-refractivity contribution in [1.29, 1.82) is 0 Å².